The second kappa shape index (κ2) is 10.5. The number of aromatic nitrogens is 3. The fourth-order valence-corrected chi connectivity index (χ4v) is 3.23. The van der Waals surface area contributed by atoms with Crippen LogP contribution in [-0.4, -0.2) is 46.2 Å². The van der Waals surface area contributed by atoms with E-state index in [1.165, 1.54) is 31.6 Å². The number of hydrogen-bond acceptors (Lipinski definition) is 7. The predicted octanol–water partition coefficient (Wildman–Crippen LogP) is 2.94. The van der Waals surface area contributed by atoms with E-state index in [-0.39, 0.29) is 41.4 Å². The lowest BCUT2D eigenvalue weighted by atomic mass is 9.83. The Morgan fingerprint density at radius 1 is 1.30 bits per heavy atom. The zero-order valence-corrected chi connectivity index (χ0v) is 17.6. The predicted molar refractivity (Wildman–Crippen MR) is 107 cm³/mol. The molecule has 1 N–H and O–H groups in total. The molecule has 162 valence electrons. The second-order valence-corrected chi connectivity index (χ2v) is 7.64. The summed E-state index contributed by atoms with van der Waals surface area (Å²) < 4.78 is 30.2. The number of carbonyl (C=O) groups is 1. The molecule has 0 radical (unpaired) electrons. The average Bonchev–Trinajstić information content (AvgIpc) is 2.66. The molecule has 2 heterocycles. The maximum atomic E-state index is 13.2. The summed E-state index contributed by atoms with van der Waals surface area (Å²) in [6.45, 7) is 4.34. The van der Waals surface area contributed by atoms with E-state index in [4.69, 9.17) is 25.8 Å². The molecule has 0 aromatic carbocycles. The van der Waals surface area contributed by atoms with Gasteiger partial charge in [0, 0.05) is 19.2 Å². The zero-order valence-electron chi connectivity index (χ0n) is 16.8. The van der Waals surface area contributed by atoms with Crippen LogP contribution in [0.4, 0.5) is 4.39 Å². The van der Waals surface area contributed by atoms with Crippen LogP contribution in [0.15, 0.2) is 24.7 Å². The minimum absolute atomic E-state index is 0.0152. The van der Waals surface area contributed by atoms with E-state index in [1.54, 1.807) is 0 Å². The van der Waals surface area contributed by atoms with E-state index in [1.807, 2.05) is 6.92 Å². The van der Waals surface area contributed by atoms with Crippen LogP contribution in [0.2, 0.25) is 5.02 Å². The van der Waals surface area contributed by atoms with Crippen LogP contribution in [0.3, 0.4) is 0 Å². The maximum Gasteiger partial charge on any atom is 0.240 e. The Hall–Kier alpha value is -2.52. The fourth-order valence-electron chi connectivity index (χ4n) is 3.02. The molecule has 2 aromatic rings. The number of pyridine rings is 1. The van der Waals surface area contributed by atoms with Gasteiger partial charge >= 0.3 is 0 Å². The summed E-state index contributed by atoms with van der Waals surface area (Å²) in [6, 6.07) is 2.52. The van der Waals surface area contributed by atoms with Crippen molar-refractivity contribution in [2.24, 2.45) is 5.92 Å². The normalized spacial score (nSPS) is 18.9. The van der Waals surface area contributed by atoms with E-state index in [2.05, 4.69) is 20.3 Å². The second-order valence-electron chi connectivity index (χ2n) is 7.26. The van der Waals surface area contributed by atoms with Gasteiger partial charge in [-0.05, 0) is 37.8 Å². The minimum Gasteiger partial charge on any atom is -0.476 e. The molecule has 2 aromatic heterocycles. The number of amides is 1. The Kier molecular flexibility index (Phi) is 7.75. The molecule has 8 nitrogen and oxygen atoms in total. The zero-order chi connectivity index (χ0) is 21.5. The molecule has 1 saturated carbocycles. The number of hydrogen-bond donors (Lipinski definition) is 1. The lowest BCUT2D eigenvalue weighted by Crippen LogP contribution is -2.40. The third-order valence-corrected chi connectivity index (χ3v) is 4.86. The van der Waals surface area contributed by atoms with Crippen LogP contribution in [0.1, 0.15) is 32.4 Å². The number of ether oxygens (including phenoxy) is 3. The van der Waals surface area contributed by atoms with Crippen molar-refractivity contribution in [2.75, 3.05) is 13.2 Å². The maximum absolute atomic E-state index is 13.2. The van der Waals surface area contributed by atoms with Gasteiger partial charge in [-0.3, -0.25) is 9.78 Å². The molecule has 30 heavy (non-hydrogen) atoms. The van der Waals surface area contributed by atoms with Crippen molar-refractivity contribution in [3.05, 3.63) is 41.2 Å². The van der Waals surface area contributed by atoms with E-state index < -0.39 is 5.82 Å². The van der Waals surface area contributed by atoms with E-state index in [0.29, 0.717) is 24.8 Å². The summed E-state index contributed by atoms with van der Waals surface area (Å²) in [4.78, 5) is 23.1. The van der Waals surface area contributed by atoms with Crippen molar-refractivity contribution in [2.45, 2.75) is 45.4 Å². The van der Waals surface area contributed by atoms with Crippen molar-refractivity contribution in [1.82, 2.24) is 20.3 Å². The monoisotopic (exact) mass is 438 g/mol. The molecule has 0 bridgehead atoms. The third-order valence-electron chi connectivity index (χ3n) is 4.54. The molecule has 1 aliphatic rings. The third kappa shape index (κ3) is 6.50. The number of nitrogens with zero attached hydrogens (tertiary/aromatic N) is 3. The first-order valence-electron chi connectivity index (χ1n) is 9.66. The Bertz CT molecular complexity index is 866. The summed E-state index contributed by atoms with van der Waals surface area (Å²) in [5, 5.41) is 2.94. The van der Waals surface area contributed by atoms with Crippen LogP contribution < -0.4 is 14.8 Å². The van der Waals surface area contributed by atoms with E-state index >= 15 is 0 Å². The van der Waals surface area contributed by atoms with Crippen LogP contribution in [0, 0.1) is 11.7 Å². The largest absolute Gasteiger partial charge is 0.476 e. The highest BCUT2D eigenvalue weighted by Crippen LogP contribution is 2.34. The Labute approximate surface area is 179 Å². The standard InChI is InChI=1S/C20H24ClFN4O4/c1-12(26-13(2)27)8-28-17-5-14(6-17)9-29-19-18(21)20(25-11-24-19)30-10-16-7-15(22)3-4-23-16/h3-4,7,11-12,14,17H,5-6,8-10H2,1-2H3,(H,26,27)/t12-,14?,17?/m0/s1. The molecular weight excluding hydrogens is 415 g/mol. The fraction of sp³-hybridized carbons (Fsp3) is 0.500. The van der Waals surface area contributed by atoms with Gasteiger partial charge in [-0.15, -0.1) is 0 Å². The van der Waals surface area contributed by atoms with Gasteiger partial charge in [-0.1, -0.05) is 11.6 Å². The van der Waals surface area contributed by atoms with Crippen LogP contribution in [0.25, 0.3) is 0 Å². The number of carbonyl (C=O) groups excluding carboxylic acids is 1. The smallest absolute Gasteiger partial charge is 0.240 e. The van der Waals surface area contributed by atoms with Gasteiger partial charge in [0.1, 0.15) is 18.8 Å². The topological polar surface area (TPSA) is 95.5 Å². The lowest BCUT2D eigenvalue weighted by Gasteiger charge is -2.35. The Morgan fingerprint density at radius 2 is 2.03 bits per heavy atom. The Balaban J connectivity index is 1.41. The molecule has 10 heteroatoms. The summed E-state index contributed by atoms with van der Waals surface area (Å²) in [6.07, 6.45) is 4.55. The number of halogens is 2. The molecule has 0 unspecified atom stereocenters. The highest BCUT2D eigenvalue weighted by molar-refractivity contribution is 6.33. The van der Waals surface area contributed by atoms with Gasteiger partial charge in [0.15, 0.2) is 5.02 Å². The highest BCUT2D eigenvalue weighted by atomic mass is 35.5. The summed E-state index contributed by atoms with van der Waals surface area (Å²) >= 11 is 6.28. The first-order valence-corrected chi connectivity index (χ1v) is 10.0. The van der Waals surface area contributed by atoms with Gasteiger partial charge in [-0.2, -0.15) is 0 Å². The Morgan fingerprint density at radius 3 is 2.73 bits per heavy atom. The van der Waals surface area contributed by atoms with Crippen molar-refractivity contribution in [3.8, 4) is 11.8 Å². The average molecular weight is 439 g/mol. The molecule has 1 fully saturated rings. The quantitative estimate of drug-likeness (QED) is 0.609. The van der Waals surface area contributed by atoms with Gasteiger partial charge in [0.25, 0.3) is 0 Å². The molecule has 0 saturated heterocycles. The highest BCUT2D eigenvalue weighted by Gasteiger charge is 2.31. The van der Waals surface area contributed by atoms with E-state index in [9.17, 15) is 9.18 Å². The first-order chi connectivity index (χ1) is 14.4. The van der Waals surface area contributed by atoms with E-state index in [0.717, 1.165) is 12.8 Å². The molecule has 1 aliphatic carbocycles. The van der Waals surface area contributed by atoms with Crippen LogP contribution in [0.5, 0.6) is 11.8 Å². The molecule has 1 atom stereocenters. The van der Waals surface area contributed by atoms with Crippen LogP contribution in [-0.2, 0) is 16.1 Å². The number of rotatable bonds is 10. The summed E-state index contributed by atoms with van der Waals surface area (Å²) in [5.74, 6) is 0.252. The van der Waals surface area contributed by atoms with Crippen LogP contribution >= 0.6 is 11.6 Å². The van der Waals surface area contributed by atoms with Crippen molar-refractivity contribution in [3.63, 3.8) is 0 Å². The van der Waals surface area contributed by atoms with Gasteiger partial charge in [0.05, 0.1) is 25.0 Å². The van der Waals surface area contributed by atoms with Crippen molar-refractivity contribution < 1.29 is 23.4 Å². The molecule has 1 amide bonds. The molecular formula is C20H24ClFN4O4. The van der Waals surface area contributed by atoms with Gasteiger partial charge < -0.3 is 19.5 Å². The SMILES string of the molecule is CC(=O)N[C@@H](C)COC1CC(COc2ncnc(OCc3cc(F)ccn3)c2Cl)C1. The van der Waals surface area contributed by atoms with Crippen molar-refractivity contribution in [1.29, 1.82) is 0 Å². The number of nitrogens with one attached hydrogen (secondary N) is 1. The van der Waals surface area contributed by atoms with Crippen molar-refractivity contribution >= 4 is 17.5 Å². The minimum atomic E-state index is -0.395. The molecule has 3 rings (SSSR count). The summed E-state index contributed by atoms with van der Waals surface area (Å²) in [7, 11) is 0. The van der Waals surface area contributed by atoms with Gasteiger partial charge in [-0.25, -0.2) is 14.4 Å². The van der Waals surface area contributed by atoms with Gasteiger partial charge in [0.2, 0.25) is 17.7 Å². The first kappa shape index (κ1) is 22.2. The molecule has 0 spiro atoms. The lowest BCUT2D eigenvalue weighted by molar-refractivity contribution is -0.120. The summed E-state index contributed by atoms with van der Waals surface area (Å²) in [5.41, 5.74) is 0.417. The molecule has 0 aliphatic heterocycles.